The second-order valence-corrected chi connectivity index (χ2v) is 5.08. The number of hydrogen-bond acceptors (Lipinski definition) is 2. The molecule has 1 aromatic rings. The Morgan fingerprint density at radius 2 is 2.12 bits per heavy atom. The molecule has 0 aromatic heterocycles. The van der Waals surface area contributed by atoms with E-state index in [4.69, 9.17) is 0 Å². The van der Waals surface area contributed by atoms with E-state index in [1.54, 1.807) is 6.07 Å². The minimum atomic E-state index is 0.379. The van der Waals surface area contributed by atoms with Crippen molar-refractivity contribution < 1.29 is 5.11 Å². The largest absolute Gasteiger partial charge is 0.508 e. The number of rotatable bonds is 5. The lowest BCUT2D eigenvalue weighted by atomic mass is 9.92. The van der Waals surface area contributed by atoms with Gasteiger partial charge in [0.1, 0.15) is 5.75 Å². The summed E-state index contributed by atoms with van der Waals surface area (Å²) < 4.78 is 0. The molecule has 2 rings (SSSR count). The van der Waals surface area contributed by atoms with Gasteiger partial charge < -0.3 is 10.4 Å². The molecule has 17 heavy (non-hydrogen) atoms. The maximum Gasteiger partial charge on any atom is 0.115 e. The molecule has 2 heteroatoms. The van der Waals surface area contributed by atoms with E-state index in [0.717, 1.165) is 18.9 Å². The maximum atomic E-state index is 9.50. The van der Waals surface area contributed by atoms with Gasteiger partial charge in [-0.15, -0.1) is 0 Å². The second-order valence-electron chi connectivity index (χ2n) is 5.08. The Morgan fingerprint density at radius 1 is 1.35 bits per heavy atom. The van der Waals surface area contributed by atoms with Crippen molar-refractivity contribution in [2.75, 3.05) is 6.54 Å². The summed E-state index contributed by atoms with van der Waals surface area (Å²) in [5.74, 6) is 1.20. The Balaban J connectivity index is 2.01. The van der Waals surface area contributed by atoms with Crippen LogP contribution in [0.4, 0.5) is 0 Å². The molecular weight excluding hydrogens is 210 g/mol. The lowest BCUT2D eigenvalue weighted by Gasteiger charge is -2.24. The molecule has 1 fully saturated rings. The summed E-state index contributed by atoms with van der Waals surface area (Å²) in [7, 11) is 0. The highest BCUT2D eigenvalue weighted by molar-refractivity contribution is 5.27. The molecule has 2 nitrogen and oxygen atoms in total. The van der Waals surface area contributed by atoms with Gasteiger partial charge in [-0.2, -0.15) is 0 Å². The van der Waals surface area contributed by atoms with Crippen molar-refractivity contribution in [2.45, 2.75) is 45.1 Å². The zero-order valence-corrected chi connectivity index (χ0v) is 10.7. The third-order valence-electron chi connectivity index (χ3n) is 3.80. The van der Waals surface area contributed by atoms with Crippen LogP contribution in [0.1, 0.15) is 38.2 Å². The minimum absolute atomic E-state index is 0.379. The van der Waals surface area contributed by atoms with Crippen LogP contribution in [0.25, 0.3) is 0 Å². The summed E-state index contributed by atoms with van der Waals surface area (Å²) in [6, 6.07) is 8.24. The SMILES string of the molecule is CCNC(Cc1cccc(O)c1)C1CCCC1. The molecule has 1 atom stereocenters. The Bertz CT molecular complexity index is 345. The van der Waals surface area contributed by atoms with Crippen molar-refractivity contribution in [3.05, 3.63) is 29.8 Å². The zero-order valence-electron chi connectivity index (χ0n) is 10.7. The van der Waals surface area contributed by atoms with E-state index in [1.807, 2.05) is 12.1 Å². The molecule has 2 N–H and O–H groups in total. The van der Waals surface area contributed by atoms with E-state index in [0.29, 0.717) is 11.8 Å². The van der Waals surface area contributed by atoms with Crippen LogP contribution in [-0.4, -0.2) is 17.7 Å². The van der Waals surface area contributed by atoms with Crippen molar-refractivity contribution in [2.24, 2.45) is 5.92 Å². The molecule has 0 bridgehead atoms. The molecule has 0 amide bonds. The van der Waals surface area contributed by atoms with Crippen LogP contribution in [0.2, 0.25) is 0 Å². The van der Waals surface area contributed by atoms with Gasteiger partial charge in [-0.05, 0) is 49.4 Å². The number of likely N-dealkylation sites (N-methyl/N-ethyl adjacent to an activating group) is 1. The van der Waals surface area contributed by atoms with Crippen molar-refractivity contribution >= 4 is 0 Å². The van der Waals surface area contributed by atoms with Crippen molar-refractivity contribution in [3.63, 3.8) is 0 Å². The fourth-order valence-electron chi connectivity index (χ4n) is 2.96. The summed E-state index contributed by atoms with van der Waals surface area (Å²) in [5.41, 5.74) is 1.24. The Kier molecular flexibility index (Phi) is 4.43. The standard InChI is InChI=1S/C15H23NO/c1-2-16-15(13-7-3-4-8-13)11-12-6-5-9-14(17)10-12/h5-6,9-10,13,15-17H,2-4,7-8,11H2,1H3. The first-order chi connectivity index (χ1) is 8.29. The number of benzene rings is 1. The van der Waals surface area contributed by atoms with Gasteiger partial charge in [-0.1, -0.05) is 31.9 Å². The summed E-state index contributed by atoms with van der Waals surface area (Å²) >= 11 is 0. The molecule has 94 valence electrons. The maximum absolute atomic E-state index is 9.50. The summed E-state index contributed by atoms with van der Waals surface area (Å²) in [6.07, 6.45) is 6.51. The van der Waals surface area contributed by atoms with Crippen molar-refractivity contribution in [1.82, 2.24) is 5.32 Å². The zero-order chi connectivity index (χ0) is 12.1. The number of aromatic hydroxyl groups is 1. The normalized spacial score (nSPS) is 18.4. The molecule has 0 heterocycles. The average Bonchev–Trinajstić information content (AvgIpc) is 2.82. The highest BCUT2D eigenvalue weighted by atomic mass is 16.3. The van der Waals surface area contributed by atoms with Gasteiger partial charge in [0.05, 0.1) is 0 Å². The van der Waals surface area contributed by atoms with Crippen LogP contribution in [-0.2, 0) is 6.42 Å². The Morgan fingerprint density at radius 3 is 2.76 bits per heavy atom. The number of phenolic OH excluding ortho intramolecular Hbond substituents is 1. The highest BCUT2D eigenvalue weighted by Crippen LogP contribution is 2.29. The first kappa shape index (κ1) is 12.4. The first-order valence-electron chi connectivity index (χ1n) is 6.81. The lowest BCUT2D eigenvalue weighted by Crippen LogP contribution is -2.36. The predicted molar refractivity (Wildman–Crippen MR) is 71.2 cm³/mol. The van der Waals surface area contributed by atoms with Crippen molar-refractivity contribution in [1.29, 1.82) is 0 Å². The summed E-state index contributed by atoms with van der Waals surface area (Å²) in [6.45, 7) is 3.20. The Labute approximate surface area is 104 Å². The molecule has 1 saturated carbocycles. The molecule has 1 aliphatic carbocycles. The van der Waals surface area contributed by atoms with Gasteiger partial charge in [-0.25, -0.2) is 0 Å². The molecule has 1 unspecified atom stereocenters. The van der Waals surface area contributed by atoms with Gasteiger partial charge in [0, 0.05) is 6.04 Å². The van der Waals surface area contributed by atoms with E-state index in [9.17, 15) is 5.11 Å². The molecular formula is C15H23NO. The topological polar surface area (TPSA) is 32.3 Å². The minimum Gasteiger partial charge on any atom is -0.508 e. The van der Waals surface area contributed by atoms with Crippen LogP contribution in [0.5, 0.6) is 5.75 Å². The van der Waals surface area contributed by atoms with E-state index >= 15 is 0 Å². The summed E-state index contributed by atoms with van der Waals surface area (Å²) in [5, 5.41) is 13.1. The van der Waals surface area contributed by atoms with E-state index in [-0.39, 0.29) is 0 Å². The van der Waals surface area contributed by atoms with Crippen LogP contribution in [0.3, 0.4) is 0 Å². The van der Waals surface area contributed by atoms with Gasteiger partial charge in [0.2, 0.25) is 0 Å². The molecule has 0 spiro atoms. The van der Waals surface area contributed by atoms with E-state index in [1.165, 1.54) is 31.2 Å². The number of phenols is 1. The number of hydrogen-bond donors (Lipinski definition) is 2. The molecule has 0 saturated heterocycles. The molecule has 1 aromatic carbocycles. The van der Waals surface area contributed by atoms with Gasteiger partial charge >= 0.3 is 0 Å². The fourth-order valence-corrected chi connectivity index (χ4v) is 2.96. The average molecular weight is 233 g/mol. The van der Waals surface area contributed by atoms with Crippen LogP contribution in [0.15, 0.2) is 24.3 Å². The van der Waals surface area contributed by atoms with Crippen LogP contribution in [0, 0.1) is 5.92 Å². The van der Waals surface area contributed by atoms with Gasteiger partial charge in [-0.3, -0.25) is 0 Å². The highest BCUT2D eigenvalue weighted by Gasteiger charge is 2.24. The number of nitrogens with one attached hydrogen (secondary N) is 1. The molecule has 1 aliphatic rings. The van der Waals surface area contributed by atoms with Crippen LogP contribution < -0.4 is 5.32 Å². The van der Waals surface area contributed by atoms with E-state index in [2.05, 4.69) is 18.3 Å². The van der Waals surface area contributed by atoms with Gasteiger partial charge in [0.25, 0.3) is 0 Å². The molecule has 0 radical (unpaired) electrons. The fraction of sp³-hybridized carbons (Fsp3) is 0.600. The van der Waals surface area contributed by atoms with Gasteiger partial charge in [0.15, 0.2) is 0 Å². The second kappa shape index (κ2) is 6.06. The predicted octanol–water partition coefficient (Wildman–Crippen LogP) is 3.10. The third kappa shape index (κ3) is 3.47. The Hall–Kier alpha value is -1.02. The summed E-state index contributed by atoms with van der Waals surface area (Å²) in [4.78, 5) is 0. The molecule has 0 aliphatic heterocycles. The third-order valence-corrected chi connectivity index (χ3v) is 3.80. The monoisotopic (exact) mass is 233 g/mol. The first-order valence-corrected chi connectivity index (χ1v) is 6.81. The van der Waals surface area contributed by atoms with Crippen LogP contribution >= 0.6 is 0 Å². The quantitative estimate of drug-likeness (QED) is 0.819. The smallest absolute Gasteiger partial charge is 0.115 e. The van der Waals surface area contributed by atoms with Crippen molar-refractivity contribution in [3.8, 4) is 5.75 Å². The lowest BCUT2D eigenvalue weighted by molar-refractivity contribution is 0.362. The van der Waals surface area contributed by atoms with E-state index < -0.39 is 0 Å².